The Hall–Kier alpha value is -3.99. The molecule has 3 N–H and O–H groups in total. The Morgan fingerprint density at radius 1 is 1.25 bits per heavy atom. The van der Waals surface area contributed by atoms with Gasteiger partial charge in [-0.2, -0.15) is 5.26 Å². The largest absolute Gasteiger partial charge is 0.504 e. The quantitative estimate of drug-likeness (QED) is 0.624. The van der Waals surface area contributed by atoms with E-state index in [1.807, 2.05) is 6.07 Å². The summed E-state index contributed by atoms with van der Waals surface area (Å²) in [7, 11) is 1.41. The summed E-state index contributed by atoms with van der Waals surface area (Å²) in [6, 6.07) is 12.7. The molecule has 0 radical (unpaired) electrons. The van der Waals surface area contributed by atoms with Gasteiger partial charge in [-0.1, -0.05) is 12.1 Å². The zero-order chi connectivity index (χ0) is 20.5. The highest BCUT2D eigenvalue weighted by molar-refractivity contribution is 5.84. The van der Waals surface area contributed by atoms with E-state index >= 15 is 0 Å². The van der Waals surface area contributed by atoms with Gasteiger partial charge in [-0.15, -0.1) is 0 Å². The zero-order valence-corrected chi connectivity index (χ0v) is 15.0. The van der Waals surface area contributed by atoms with Gasteiger partial charge in [0.15, 0.2) is 11.5 Å². The van der Waals surface area contributed by atoms with Crippen LogP contribution in [0.2, 0.25) is 0 Å². The van der Waals surface area contributed by atoms with Crippen LogP contribution in [-0.4, -0.2) is 29.4 Å². The van der Waals surface area contributed by atoms with Gasteiger partial charge in [0.05, 0.1) is 18.7 Å². The molecule has 8 nitrogen and oxygen atoms in total. The Labute approximate surface area is 161 Å². The number of carbonyl (C=O) groups is 2. The van der Waals surface area contributed by atoms with Crippen LogP contribution < -0.4 is 10.1 Å². The SMILES string of the molecule is COc1ccc([C@H](C/C=C/C(=O)O)OC(=O)Nc2ccc(C#N)cc2)cc1O. The van der Waals surface area contributed by atoms with E-state index in [1.165, 1.54) is 25.3 Å². The van der Waals surface area contributed by atoms with Gasteiger partial charge in [-0.3, -0.25) is 5.32 Å². The van der Waals surface area contributed by atoms with Gasteiger partial charge < -0.3 is 19.7 Å². The molecule has 0 aliphatic heterocycles. The predicted octanol–water partition coefficient (Wildman–Crippen LogP) is 3.59. The number of amides is 1. The molecule has 1 atom stereocenters. The van der Waals surface area contributed by atoms with Crippen LogP contribution in [0.15, 0.2) is 54.6 Å². The Balaban J connectivity index is 2.15. The summed E-state index contributed by atoms with van der Waals surface area (Å²) in [6.45, 7) is 0. The van der Waals surface area contributed by atoms with Gasteiger partial charge in [-0.25, -0.2) is 9.59 Å². The van der Waals surface area contributed by atoms with E-state index in [4.69, 9.17) is 19.8 Å². The van der Waals surface area contributed by atoms with Crippen LogP contribution in [0.3, 0.4) is 0 Å². The van der Waals surface area contributed by atoms with Crippen molar-refractivity contribution in [2.75, 3.05) is 12.4 Å². The number of phenolic OH excluding ortho intramolecular Hbond substituents is 1. The van der Waals surface area contributed by atoms with Crippen molar-refractivity contribution in [3.8, 4) is 17.6 Å². The van der Waals surface area contributed by atoms with E-state index in [9.17, 15) is 14.7 Å². The highest BCUT2D eigenvalue weighted by Crippen LogP contribution is 2.32. The van der Waals surface area contributed by atoms with E-state index in [0.29, 0.717) is 16.8 Å². The molecule has 1 amide bonds. The third-order valence-electron chi connectivity index (χ3n) is 3.69. The molecule has 2 rings (SSSR count). The molecule has 28 heavy (non-hydrogen) atoms. The number of nitrogens with zero attached hydrogens (tertiary/aromatic N) is 1. The highest BCUT2D eigenvalue weighted by atomic mass is 16.6. The van der Waals surface area contributed by atoms with E-state index < -0.39 is 18.2 Å². The standard InChI is InChI=1S/C20H18N2O6/c1-27-18-10-7-14(11-16(18)23)17(3-2-4-19(24)25)28-20(26)22-15-8-5-13(12-21)6-9-15/h2,4-11,17,23H,3H2,1H3,(H,22,26)(H,24,25)/b4-2+/t17-/m0/s1. The van der Waals surface area contributed by atoms with Crippen LogP contribution in [0.4, 0.5) is 10.5 Å². The maximum Gasteiger partial charge on any atom is 0.412 e. The zero-order valence-electron chi connectivity index (χ0n) is 15.0. The molecule has 144 valence electrons. The molecule has 0 saturated carbocycles. The lowest BCUT2D eigenvalue weighted by molar-refractivity contribution is -0.131. The number of hydrogen-bond donors (Lipinski definition) is 3. The summed E-state index contributed by atoms with van der Waals surface area (Å²) < 4.78 is 10.4. The topological polar surface area (TPSA) is 129 Å². The number of carboxylic acids is 1. The lowest BCUT2D eigenvalue weighted by Crippen LogP contribution is -2.17. The van der Waals surface area contributed by atoms with Crippen LogP contribution in [0.5, 0.6) is 11.5 Å². The van der Waals surface area contributed by atoms with Crippen LogP contribution in [-0.2, 0) is 9.53 Å². The van der Waals surface area contributed by atoms with Crippen molar-refractivity contribution in [3.05, 3.63) is 65.7 Å². The first-order valence-corrected chi connectivity index (χ1v) is 8.17. The Kier molecular flexibility index (Phi) is 6.99. The summed E-state index contributed by atoms with van der Waals surface area (Å²) in [5.41, 5.74) is 1.34. The fraction of sp³-hybridized carbons (Fsp3) is 0.150. The summed E-state index contributed by atoms with van der Waals surface area (Å²) >= 11 is 0. The van der Waals surface area contributed by atoms with Crippen molar-refractivity contribution in [3.63, 3.8) is 0 Å². The van der Waals surface area contributed by atoms with Crippen LogP contribution in [0.1, 0.15) is 23.7 Å². The first-order chi connectivity index (χ1) is 13.4. The molecule has 0 saturated heterocycles. The average molecular weight is 382 g/mol. The number of methoxy groups -OCH3 is 1. The minimum absolute atomic E-state index is 0.0822. The van der Waals surface area contributed by atoms with Gasteiger partial charge in [0.1, 0.15) is 6.10 Å². The lowest BCUT2D eigenvalue weighted by Gasteiger charge is -2.18. The Morgan fingerprint density at radius 3 is 2.54 bits per heavy atom. The average Bonchev–Trinajstić information content (AvgIpc) is 2.67. The van der Waals surface area contributed by atoms with Crippen molar-refractivity contribution in [1.82, 2.24) is 0 Å². The molecule has 0 unspecified atom stereocenters. The van der Waals surface area contributed by atoms with Gasteiger partial charge in [0, 0.05) is 18.2 Å². The molecule has 0 aliphatic rings. The van der Waals surface area contributed by atoms with Crippen molar-refractivity contribution in [1.29, 1.82) is 5.26 Å². The van der Waals surface area contributed by atoms with Gasteiger partial charge in [0.2, 0.25) is 0 Å². The highest BCUT2D eigenvalue weighted by Gasteiger charge is 2.18. The number of benzene rings is 2. The number of aliphatic carboxylic acids is 1. The first-order valence-electron chi connectivity index (χ1n) is 8.17. The second kappa shape index (κ2) is 9.64. The fourth-order valence-electron chi connectivity index (χ4n) is 2.36. The second-order valence-corrected chi connectivity index (χ2v) is 5.62. The smallest absolute Gasteiger partial charge is 0.412 e. The number of anilines is 1. The summed E-state index contributed by atoms with van der Waals surface area (Å²) in [5.74, 6) is -1.01. The minimum Gasteiger partial charge on any atom is -0.504 e. The van der Waals surface area contributed by atoms with Gasteiger partial charge in [-0.05, 0) is 42.0 Å². The Morgan fingerprint density at radius 2 is 1.96 bits per heavy atom. The summed E-state index contributed by atoms with van der Waals surface area (Å²) in [5, 5.41) is 30.0. The maximum atomic E-state index is 12.2. The summed E-state index contributed by atoms with van der Waals surface area (Å²) in [6.07, 6.45) is 0.764. The van der Waals surface area contributed by atoms with Crippen molar-refractivity contribution in [2.24, 2.45) is 0 Å². The van der Waals surface area contributed by atoms with Crippen LogP contribution in [0, 0.1) is 11.3 Å². The normalized spacial score (nSPS) is 11.4. The number of rotatable bonds is 7. The molecule has 8 heteroatoms. The maximum absolute atomic E-state index is 12.2. The number of nitriles is 1. The van der Waals surface area contributed by atoms with Crippen molar-refractivity contribution >= 4 is 17.7 Å². The predicted molar refractivity (Wildman–Crippen MR) is 100 cm³/mol. The summed E-state index contributed by atoms with van der Waals surface area (Å²) in [4.78, 5) is 22.9. The molecule has 2 aromatic carbocycles. The molecular weight excluding hydrogens is 364 g/mol. The minimum atomic E-state index is -1.13. The third-order valence-corrected chi connectivity index (χ3v) is 3.69. The van der Waals surface area contributed by atoms with E-state index in [0.717, 1.165) is 6.08 Å². The molecule has 0 heterocycles. The molecule has 0 spiro atoms. The number of phenols is 1. The number of nitrogens with one attached hydrogen (secondary N) is 1. The van der Waals surface area contributed by atoms with Crippen LogP contribution in [0.25, 0.3) is 0 Å². The molecule has 2 aromatic rings. The van der Waals surface area contributed by atoms with Crippen molar-refractivity contribution < 1.29 is 29.3 Å². The van der Waals surface area contributed by atoms with E-state index in [2.05, 4.69) is 5.32 Å². The number of carboxylic acid groups (broad SMARTS) is 1. The monoisotopic (exact) mass is 382 g/mol. The number of carbonyl (C=O) groups excluding carboxylic acids is 1. The molecule has 0 aromatic heterocycles. The molecule has 0 aliphatic carbocycles. The van der Waals surface area contributed by atoms with Gasteiger partial charge >= 0.3 is 12.1 Å². The fourth-order valence-corrected chi connectivity index (χ4v) is 2.36. The Bertz CT molecular complexity index is 915. The lowest BCUT2D eigenvalue weighted by atomic mass is 10.1. The van der Waals surface area contributed by atoms with E-state index in [-0.39, 0.29) is 17.9 Å². The number of ether oxygens (including phenoxy) is 2. The number of hydrogen-bond acceptors (Lipinski definition) is 6. The molecule has 0 fully saturated rings. The first kappa shape index (κ1) is 20.3. The molecule has 0 bridgehead atoms. The number of aromatic hydroxyl groups is 1. The van der Waals surface area contributed by atoms with Gasteiger partial charge in [0.25, 0.3) is 0 Å². The van der Waals surface area contributed by atoms with Crippen molar-refractivity contribution in [2.45, 2.75) is 12.5 Å². The third kappa shape index (κ3) is 5.78. The van der Waals surface area contributed by atoms with E-state index in [1.54, 1.807) is 30.3 Å². The molecular formula is C20H18N2O6. The second-order valence-electron chi connectivity index (χ2n) is 5.62. The van der Waals surface area contributed by atoms with Crippen LogP contribution >= 0.6 is 0 Å².